The van der Waals surface area contributed by atoms with Crippen molar-refractivity contribution in [2.75, 3.05) is 20.3 Å². The van der Waals surface area contributed by atoms with Gasteiger partial charge in [-0.15, -0.1) is 0 Å². The minimum absolute atomic E-state index is 0.153. The molecule has 0 amide bonds. The molecule has 0 saturated carbocycles. The lowest BCUT2D eigenvalue weighted by molar-refractivity contribution is 0.0873. The molecule has 0 aromatic heterocycles. The van der Waals surface area contributed by atoms with E-state index >= 15 is 0 Å². The highest BCUT2D eigenvalue weighted by Gasteiger charge is 2.15. The largest absolute Gasteiger partial charge is 0.385 e. The third kappa shape index (κ3) is 4.07. The molecule has 0 fully saturated rings. The molecule has 0 unspecified atom stereocenters. The Hall–Kier alpha value is -0.600. The third-order valence-electron chi connectivity index (χ3n) is 2.23. The Morgan fingerprint density at radius 1 is 1.14 bits per heavy atom. The molecule has 0 N–H and O–H groups in total. The van der Waals surface area contributed by atoms with Crippen LogP contribution in [0.2, 0.25) is 0 Å². The first kappa shape index (κ1) is 11.5. The zero-order valence-electron chi connectivity index (χ0n) is 9.32. The van der Waals surface area contributed by atoms with Gasteiger partial charge in [-0.05, 0) is 6.42 Å². The van der Waals surface area contributed by atoms with Crippen LogP contribution in [-0.4, -0.2) is 26.4 Å². The van der Waals surface area contributed by atoms with Crippen LogP contribution < -0.4 is 0 Å². The minimum Gasteiger partial charge on any atom is -0.385 e. The number of rotatable bonds is 5. The fraction of sp³-hybridized carbons (Fsp3) is 0.667. The van der Waals surface area contributed by atoms with Crippen LogP contribution in [0.25, 0.3) is 0 Å². The zero-order chi connectivity index (χ0) is 10.4. The maximum absolute atomic E-state index is 5.62. The molecule has 1 rings (SSSR count). The van der Waals surface area contributed by atoms with Gasteiger partial charge >= 0.3 is 0 Å². The molecule has 0 heterocycles. The van der Waals surface area contributed by atoms with Crippen LogP contribution in [0.15, 0.2) is 24.3 Å². The molecule has 0 saturated heterocycles. The number of hydrogen-bond donors (Lipinski definition) is 0. The maximum Gasteiger partial charge on any atom is 0.0938 e. The number of hydrogen-bond acceptors (Lipinski definition) is 2. The molecule has 14 heavy (non-hydrogen) atoms. The summed E-state index contributed by atoms with van der Waals surface area (Å²) in [6.45, 7) is 5.89. The first-order chi connectivity index (χ1) is 6.64. The molecule has 0 radical (unpaired) electrons. The van der Waals surface area contributed by atoms with Crippen LogP contribution in [0.1, 0.15) is 20.3 Å². The van der Waals surface area contributed by atoms with E-state index < -0.39 is 0 Å². The highest BCUT2D eigenvalue weighted by molar-refractivity contribution is 5.19. The molecule has 0 aromatic rings. The molecule has 1 aliphatic carbocycles. The Kier molecular flexibility index (Phi) is 4.36. The lowest BCUT2D eigenvalue weighted by Crippen LogP contribution is -2.16. The van der Waals surface area contributed by atoms with Gasteiger partial charge in [0.15, 0.2) is 0 Å². The van der Waals surface area contributed by atoms with Gasteiger partial charge in [0.2, 0.25) is 0 Å². The molecule has 2 heteroatoms. The molecular weight excluding hydrogens is 176 g/mol. The summed E-state index contributed by atoms with van der Waals surface area (Å²) in [6.07, 6.45) is 9.72. The van der Waals surface area contributed by atoms with E-state index in [-0.39, 0.29) is 11.5 Å². The van der Waals surface area contributed by atoms with Crippen molar-refractivity contribution in [3.63, 3.8) is 0 Å². The van der Waals surface area contributed by atoms with E-state index in [0.29, 0.717) is 0 Å². The van der Waals surface area contributed by atoms with Gasteiger partial charge in [0, 0.05) is 25.7 Å². The van der Waals surface area contributed by atoms with Crippen molar-refractivity contribution in [1.82, 2.24) is 0 Å². The van der Waals surface area contributed by atoms with Crippen molar-refractivity contribution in [1.29, 1.82) is 0 Å². The quantitative estimate of drug-likeness (QED) is 0.497. The summed E-state index contributed by atoms with van der Waals surface area (Å²) in [5.41, 5.74) is 0.187. The fourth-order valence-electron chi connectivity index (χ4n) is 1.34. The van der Waals surface area contributed by atoms with E-state index in [9.17, 15) is 0 Å². The van der Waals surface area contributed by atoms with Crippen molar-refractivity contribution in [3.8, 4) is 0 Å². The summed E-state index contributed by atoms with van der Waals surface area (Å²) in [5, 5.41) is 0. The van der Waals surface area contributed by atoms with Gasteiger partial charge in [-0.1, -0.05) is 38.2 Å². The van der Waals surface area contributed by atoms with Crippen LogP contribution in [0.4, 0.5) is 0 Å². The highest BCUT2D eigenvalue weighted by atomic mass is 16.5. The van der Waals surface area contributed by atoms with Gasteiger partial charge < -0.3 is 9.47 Å². The summed E-state index contributed by atoms with van der Waals surface area (Å²) in [5.74, 6) is 0. The van der Waals surface area contributed by atoms with Crippen LogP contribution in [0.3, 0.4) is 0 Å². The molecule has 2 nitrogen and oxygen atoms in total. The van der Waals surface area contributed by atoms with Crippen molar-refractivity contribution in [2.45, 2.75) is 26.4 Å². The van der Waals surface area contributed by atoms with Gasteiger partial charge in [0.1, 0.15) is 0 Å². The number of ether oxygens (including phenoxy) is 2. The highest BCUT2D eigenvalue weighted by Crippen LogP contribution is 2.24. The second kappa shape index (κ2) is 5.32. The summed E-state index contributed by atoms with van der Waals surface area (Å²) in [4.78, 5) is 0. The van der Waals surface area contributed by atoms with E-state index in [1.165, 1.54) is 0 Å². The molecule has 0 bridgehead atoms. The van der Waals surface area contributed by atoms with Crippen LogP contribution in [0.5, 0.6) is 0 Å². The SMILES string of the molecule is COCCCOC1C=CC(C)(C)C=C1. The molecule has 0 atom stereocenters. The van der Waals surface area contributed by atoms with E-state index in [4.69, 9.17) is 9.47 Å². The normalized spacial score (nSPS) is 20.2. The van der Waals surface area contributed by atoms with Crippen molar-refractivity contribution < 1.29 is 9.47 Å². The average molecular weight is 196 g/mol. The monoisotopic (exact) mass is 196 g/mol. The van der Waals surface area contributed by atoms with E-state index in [1.807, 2.05) is 0 Å². The smallest absolute Gasteiger partial charge is 0.0938 e. The second-order valence-corrected chi connectivity index (χ2v) is 4.22. The lowest BCUT2D eigenvalue weighted by atomic mass is 9.88. The first-order valence-electron chi connectivity index (χ1n) is 5.13. The molecule has 0 aliphatic heterocycles. The van der Waals surface area contributed by atoms with Crippen molar-refractivity contribution in [2.24, 2.45) is 5.41 Å². The molecule has 0 spiro atoms. The van der Waals surface area contributed by atoms with Crippen LogP contribution in [0, 0.1) is 5.41 Å². The average Bonchev–Trinajstić information content (AvgIpc) is 2.15. The van der Waals surface area contributed by atoms with Crippen molar-refractivity contribution in [3.05, 3.63) is 24.3 Å². The molecule has 1 aliphatic rings. The molecule has 0 aromatic carbocycles. The minimum atomic E-state index is 0.153. The van der Waals surface area contributed by atoms with Gasteiger partial charge in [-0.3, -0.25) is 0 Å². The summed E-state index contributed by atoms with van der Waals surface area (Å²) in [7, 11) is 1.71. The van der Waals surface area contributed by atoms with Crippen molar-refractivity contribution >= 4 is 0 Å². The Balaban J connectivity index is 2.19. The topological polar surface area (TPSA) is 18.5 Å². The van der Waals surface area contributed by atoms with Gasteiger partial charge in [0.25, 0.3) is 0 Å². The zero-order valence-corrected chi connectivity index (χ0v) is 9.32. The second-order valence-electron chi connectivity index (χ2n) is 4.22. The summed E-state index contributed by atoms with van der Waals surface area (Å²) in [6, 6.07) is 0. The van der Waals surface area contributed by atoms with Gasteiger partial charge in [-0.2, -0.15) is 0 Å². The number of allylic oxidation sites excluding steroid dienone is 2. The predicted octanol–water partition coefficient (Wildman–Crippen LogP) is 2.56. The number of methoxy groups -OCH3 is 1. The Bertz CT molecular complexity index is 200. The van der Waals surface area contributed by atoms with Crippen LogP contribution >= 0.6 is 0 Å². The maximum atomic E-state index is 5.62. The summed E-state index contributed by atoms with van der Waals surface area (Å²) < 4.78 is 10.6. The predicted molar refractivity (Wildman–Crippen MR) is 58.3 cm³/mol. The van der Waals surface area contributed by atoms with Gasteiger partial charge in [-0.25, -0.2) is 0 Å². The van der Waals surface area contributed by atoms with E-state index in [1.54, 1.807) is 7.11 Å². The Morgan fingerprint density at radius 3 is 2.36 bits per heavy atom. The third-order valence-corrected chi connectivity index (χ3v) is 2.23. The summed E-state index contributed by atoms with van der Waals surface area (Å²) >= 11 is 0. The van der Waals surface area contributed by atoms with E-state index in [2.05, 4.69) is 38.2 Å². The van der Waals surface area contributed by atoms with Crippen LogP contribution in [-0.2, 0) is 9.47 Å². The lowest BCUT2D eigenvalue weighted by Gasteiger charge is -2.22. The Morgan fingerprint density at radius 2 is 1.79 bits per heavy atom. The first-order valence-corrected chi connectivity index (χ1v) is 5.13. The molecular formula is C12H20O2. The standard InChI is InChI=1S/C12H20O2/c1-12(2)7-5-11(6-8-12)14-10-4-9-13-3/h5-8,11H,4,9-10H2,1-3H3. The van der Waals surface area contributed by atoms with E-state index in [0.717, 1.165) is 19.6 Å². The molecule has 80 valence electrons. The van der Waals surface area contributed by atoms with Gasteiger partial charge in [0.05, 0.1) is 6.10 Å². The Labute approximate surface area is 86.6 Å². The fourth-order valence-corrected chi connectivity index (χ4v) is 1.34.